The average molecular weight is 298 g/mol. The van der Waals surface area contributed by atoms with Gasteiger partial charge in [0.2, 0.25) is 5.91 Å². The van der Waals surface area contributed by atoms with E-state index in [0.717, 1.165) is 18.4 Å². The molecule has 1 unspecified atom stereocenters. The fourth-order valence-electron chi connectivity index (χ4n) is 2.31. The van der Waals surface area contributed by atoms with E-state index in [1.54, 1.807) is 12.1 Å². The van der Waals surface area contributed by atoms with Crippen LogP contribution in [0.4, 0.5) is 0 Å². The minimum atomic E-state index is -0.000961. The van der Waals surface area contributed by atoms with Crippen molar-refractivity contribution < 1.29 is 9.90 Å². The van der Waals surface area contributed by atoms with Crippen molar-refractivity contribution in [3.8, 4) is 0 Å². The lowest BCUT2D eigenvalue weighted by Crippen LogP contribution is -2.31. The van der Waals surface area contributed by atoms with E-state index in [9.17, 15) is 4.79 Å². The number of amides is 1. The number of hydrogen-bond donors (Lipinski definition) is 2. The second-order valence-corrected chi connectivity index (χ2v) is 6.06. The maximum atomic E-state index is 11.9. The van der Waals surface area contributed by atoms with E-state index < -0.39 is 0 Å². The number of nitrogens with one attached hydrogen (secondary N) is 1. The van der Waals surface area contributed by atoms with Crippen molar-refractivity contribution in [2.24, 2.45) is 11.8 Å². The molecule has 0 bridgehead atoms. The third kappa shape index (κ3) is 6.92. The first-order valence-corrected chi connectivity index (χ1v) is 7.51. The Morgan fingerprint density at radius 3 is 2.75 bits per heavy atom. The van der Waals surface area contributed by atoms with Crippen LogP contribution in [0.3, 0.4) is 0 Å². The van der Waals surface area contributed by atoms with E-state index >= 15 is 0 Å². The van der Waals surface area contributed by atoms with Gasteiger partial charge in [0, 0.05) is 18.2 Å². The minimum absolute atomic E-state index is 0.000961. The van der Waals surface area contributed by atoms with Gasteiger partial charge >= 0.3 is 0 Å². The fraction of sp³-hybridized carbons (Fsp3) is 0.562. The number of benzene rings is 1. The lowest BCUT2D eigenvalue weighted by Gasteiger charge is -2.18. The summed E-state index contributed by atoms with van der Waals surface area (Å²) < 4.78 is 0. The quantitative estimate of drug-likeness (QED) is 0.775. The SMILES string of the molecule is CC(C)CC(CCO)CNC(=O)Cc1cccc(Cl)c1. The maximum Gasteiger partial charge on any atom is 0.224 e. The van der Waals surface area contributed by atoms with Crippen molar-refractivity contribution in [1.29, 1.82) is 0 Å². The van der Waals surface area contributed by atoms with Gasteiger partial charge in [-0.25, -0.2) is 0 Å². The molecule has 4 heteroatoms. The van der Waals surface area contributed by atoms with Gasteiger partial charge in [0.25, 0.3) is 0 Å². The molecule has 0 saturated heterocycles. The molecule has 1 aromatic carbocycles. The Bertz CT molecular complexity index is 421. The molecule has 0 saturated carbocycles. The van der Waals surface area contributed by atoms with Gasteiger partial charge in [0.15, 0.2) is 0 Å². The third-order valence-electron chi connectivity index (χ3n) is 3.18. The Morgan fingerprint density at radius 1 is 1.40 bits per heavy atom. The topological polar surface area (TPSA) is 49.3 Å². The van der Waals surface area contributed by atoms with Crippen LogP contribution in [0.5, 0.6) is 0 Å². The van der Waals surface area contributed by atoms with Gasteiger partial charge in [-0.1, -0.05) is 37.6 Å². The summed E-state index contributed by atoms with van der Waals surface area (Å²) >= 11 is 5.89. The van der Waals surface area contributed by atoms with Crippen molar-refractivity contribution >= 4 is 17.5 Å². The summed E-state index contributed by atoms with van der Waals surface area (Å²) in [6.07, 6.45) is 2.09. The number of carbonyl (C=O) groups is 1. The third-order valence-corrected chi connectivity index (χ3v) is 3.42. The number of rotatable bonds is 8. The zero-order chi connectivity index (χ0) is 15.0. The van der Waals surface area contributed by atoms with Crippen LogP contribution in [0.1, 0.15) is 32.3 Å². The van der Waals surface area contributed by atoms with E-state index in [4.69, 9.17) is 16.7 Å². The van der Waals surface area contributed by atoms with Gasteiger partial charge in [0.1, 0.15) is 0 Å². The molecule has 0 heterocycles. The first kappa shape index (κ1) is 17.0. The molecule has 0 aromatic heterocycles. The molecule has 1 amide bonds. The zero-order valence-electron chi connectivity index (χ0n) is 12.2. The number of hydrogen-bond acceptors (Lipinski definition) is 2. The number of halogens is 1. The minimum Gasteiger partial charge on any atom is -0.396 e. The van der Waals surface area contributed by atoms with E-state index in [1.165, 1.54) is 0 Å². The van der Waals surface area contributed by atoms with Gasteiger partial charge in [-0.15, -0.1) is 0 Å². The molecule has 2 N–H and O–H groups in total. The predicted octanol–water partition coefficient (Wildman–Crippen LogP) is 3.04. The van der Waals surface area contributed by atoms with Crippen LogP contribution in [0.15, 0.2) is 24.3 Å². The Balaban J connectivity index is 2.41. The van der Waals surface area contributed by atoms with Crippen molar-refractivity contribution in [2.75, 3.05) is 13.2 Å². The Labute approximate surface area is 126 Å². The van der Waals surface area contributed by atoms with Crippen molar-refractivity contribution in [2.45, 2.75) is 33.1 Å². The van der Waals surface area contributed by atoms with Gasteiger partial charge in [0.05, 0.1) is 6.42 Å². The Morgan fingerprint density at radius 2 is 2.15 bits per heavy atom. The standard InChI is InChI=1S/C16H24ClNO2/c1-12(2)8-14(6-7-19)11-18-16(20)10-13-4-3-5-15(17)9-13/h3-5,9,12,14,19H,6-8,10-11H2,1-2H3,(H,18,20). The molecular formula is C16H24ClNO2. The maximum absolute atomic E-state index is 11.9. The zero-order valence-corrected chi connectivity index (χ0v) is 13.0. The first-order valence-electron chi connectivity index (χ1n) is 7.13. The van der Waals surface area contributed by atoms with E-state index in [1.807, 2.05) is 12.1 Å². The molecule has 0 fully saturated rings. The van der Waals surface area contributed by atoms with Crippen LogP contribution >= 0.6 is 11.6 Å². The Hall–Kier alpha value is -1.06. The molecule has 1 rings (SSSR count). The lowest BCUT2D eigenvalue weighted by atomic mass is 9.94. The summed E-state index contributed by atoms with van der Waals surface area (Å²) in [5, 5.41) is 12.6. The fourth-order valence-corrected chi connectivity index (χ4v) is 2.52. The highest BCUT2D eigenvalue weighted by atomic mass is 35.5. The molecule has 112 valence electrons. The smallest absolute Gasteiger partial charge is 0.224 e. The van der Waals surface area contributed by atoms with Crippen molar-refractivity contribution in [3.05, 3.63) is 34.9 Å². The van der Waals surface area contributed by atoms with Crippen LogP contribution < -0.4 is 5.32 Å². The van der Waals surface area contributed by atoms with Gasteiger partial charge < -0.3 is 10.4 Å². The summed E-state index contributed by atoms with van der Waals surface area (Å²) in [7, 11) is 0. The summed E-state index contributed by atoms with van der Waals surface area (Å²) in [6, 6.07) is 7.34. The molecule has 1 aromatic rings. The summed E-state index contributed by atoms with van der Waals surface area (Å²) in [5.74, 6) is 0.902. The van der Waals surface area contributed by atoms with Crippen LogP contribution in [0.25, 0.3) is 0 Å². The molecule has 0 spiro atoms. The van der Waals surface area contributed by atoms with E-state index in [2.05, 4.69) is 19.2 Å². The van der Waals surface area contributed by atoms with Gasteiger partial charge in [-0.05, 0) is 42.4 Å². The summed E-state index contributed by atoms with van der Waals surface area (Å²) in [4.78, 5) is 11.9. The monoisotopic (exact) mass is 297 g/mol. The van der Waals surface area contributed by atoms with Crippen LogP contribution in [0, 0.1) is 11.8 Å². The largest absolute Gasteiger partial charge is 0.396 e. The summed E-state index contributed by atoms with van der Waals surface area (Å²) in [5.41, 5.74) is 0.914. The van der Waals surface area contributed by atoms with Gasteiger partial charge in [-0.3, -0.25) is 4.79 Å². The highest BCUT2D eigenvalue weighted by Crippen LogP contribution is 2.14. The molecule has 20 heavy (non-hydrogen) atoms. The highest BCUT2D eigenvalue weighted by molar-refractivity contribution is 6.30. The van der Waals surface area contributed by atoms with Crippen LogP contribution in [-0.2, 0) is 11.2 Å². The second kappa shape index (κ2) is 8.98. The molecule has 0 radical (unpaired) electrons. The molecule has 1 atom stereocenters. The predicted molar refractivity (Wildman–Crippen MR) is 82.8 cm³/mol. The molecule has 3 nitrogen and oxygen atoms in total. The number of aliphatic hydroxyl groups excluding tert-OH is 1. The Kier molecular flexibility index (Phi) is 7.63. The number of aliphatic hydroxyl groups is 1. The van der Waals surface area contributed by atoms with Crippen molar-refractivity contribution in [3.63, 3.8) is 0 Å². The molecule has 0 aliphatic carbocycles. The van der Waals surface area contributed by atoms with Crippen molar-refractivity contribution in [1.82, 2.24) is 5.32 Å². The van der Waals surface area contributed by atoms with Crippen LogP contribution in [0.2, 0.25) is 5.02 Å². The van der Waals surface area contributed by atoms with Gasteiger partial charge in [-0.2, -0.15) is 0 Å². The van der Waals surface area contributed by atoms with E-state index in [0.29, 0.717) is 29.8 Å². The number of carbonyl (C=O) groups excluding carboxylic acids is 1. The molecular weight excluding hydrogens is 274 g/mol. The summed E-state index contributed by atoms with van der Waals surface area (Å²) in [6.45, 7) is 5.09. The first-order chi connectivity index (χ1) is 9.51. The lowest BCUT2D eigenvalue weighted by molar-refractivity contribution is -0.120. The molecule has 0 aliphatic heterocycles. The highest BCUT2D eigenvalue weighted by Gasteiger charge is 2.12. The van der Waals surface area contributed by atoms with E-state index in [-0.39, 0.29) is 12.5 Å². The average Bonchev–Trinajstić information content (AvgIpc) is 2.35. The normalized spacial score (nSPS) is 12.4. The van der Waals surface area contributed by atoms with Crippen LogP contribution in [-0.4, -0.2) is 24.2 Å². The second-order valence-electron chi connectivity index (χ2n) is 5.62. The molecule has 0 aliphatic rings.